The molecule has 0 saturated carbocycles. The van der Waals surface area contributed by atoms with Crippen molar-refractivity contribution in [1.82, 2.24) is 0 Å². The third-order valence-electron chi connectivity index (χ3n) is 4.94. The predicted molar refractivity (Wildman–Crippen MR) is 109 cm³/mol. The number of anilines is 1. The summed E-state index contributed by atoms with van der Waals surface area (Å²) in [5.41, 5.74) is 1.73. The van der Waals surface area contributed by atoms with E-state index >= 15 is 0 Å². The van der Waals surface area contributed by atoms with Crippen molar-refractivity contribution in [1.29, 1.82) is 0 Å². The molecule has 4 heteroatoms. The molecule has 0 aromatic heterocycles. The van der Waals surface area contributed by atoms with E-state index in [0.29, 0.717) is 25.7 Å². The van der Waals surface area contributed by atoms with Crippen LogP contribution in [-0.4, -0.2) is 36.5 Å². The smallest absolute Gasteiger partial charge is 0.121 e. The van der Waals surface area contributed by atoms with Crippen LogP contribution >= 0.6 is 0 Å². The molecule has 0 amide bonds. The fourth-order valence-electron chi connectivity index (χ4n) is 3.27. The first-order valence-electron chi connectivity index (χ1n) is 9.85. The van der Waals surface area contributed by atoms with Gasteiger partial charge in [0.15, 0.2) is 0 Å². The van der Waals surface area contributed by atoms with Gasteiger partial charge in [-0.15, -0.1) is 0 Å². The Labute approximate surface area is 162 Å². The Kier molecular flexibility index (Phi) is 6.75. The van der Waals surface area contributed by atoms with Crippen LogP contribution in [0.25, 0.3) is 0 Å². The maximum atomic E-state index is 9.78. The lowest BCUT2D eigenvalue weighted by Gasteiger charge is -2.34. The second-order valence-electron chi connectivity index (χ2n) is 7.89. The van der Waals surface area contributed by atoms with Crippen LogP contribution in [0.5, 0.6) is 5.75 Å². The van der Waals surface area contributed by atoms with E-state index in [1.807, 2.05) is 38.1 Å². The molecule has 3 rings (SSSR count). The summed E-state index contributed by atoms with van der Waals surface area (Å²) in [6.45, 7) is 6.82. The van der Waals surface area contributed by atoms with Gasteiger partial charge >= 0.3 is 0 Å². The number of nitrogens with zero attached hydrogens (tertiary/aromatic N) is 1. The third kappa shape index (κ3) is 6.56. The summed E-state index contributed by atoms with van der Waals surface area (Å²) in [4.78, 5) is 2.39. The predicted octanol–water partition coefficient (Wildman–Crippen LogP) is 4.41. The van der Waals surface area contributed by atoms with Crippen LogP contribution in [0.2, 0.25) is 0 Å². The summed E-state index contributed by atoms with van der Waals surface area (Å²) in [5.74, 6) is 0.903. The van der Waals surface area contributed by atoms with Crippen molar-refractivity contribution in [2.45, 2.75) is 51.4 Å². The van der Waals surface area contributed by atoms with Gasteiger partial charge in [0.1, 0.15) is 12.4 Å². The normalized spacial score (nSPS) is 15.7. The SMILES string of the molecule is CC(C)(O)CCOC1CCN(c2cccc(OCc3ccccc3)c2)CC1. The van der Waals surface area contributed by atoms with Crippen LogP contribution in [0.15, 0.2) is 54.6 Å². The zero-order chi connectivity index (χ0) is 19.1. The molecule has 0 bridgehead atoms. The van der Waals surface area contributed by atoms with Crippen LogP contribution in [0, 0.1) is 0 Å². The lowest BCUT2D eigenvalue weighted by Crippen LogP contribution is -2.37. The monoisotopic (exact) mass is 369 g/mol. The highest BCUT2D eigenvalue weighted by Gasteiger charge is 2.21. The molecule has 4 nitrogen and oxygen atoms in total. The summed E-state index contributed by atoms with van der Waals surface area (Å²) >= 11 is 0. The van der Waals surface area contributed by atoms with E-state index < -0.39 is 5.60 Å². The lowest BCUT2D eigenvalue weighted by atomic mass is 10.1. The maximum Gasteiger partial charge on any atom is 0.121 e. The van der Waals surface area contributed by atoms with Crippen molar-refractivity contribution in [3.05, 3.63) is 60.2 Å². The van der Waals surface area contributed by atoms with E-state index in [1.54, 1.807) is 0 Å². The second kappa shape index (κ2) is 9.25. The van der Waals surface area contributed by atoms with E-state index in [9.17, 15) is 5.11 Å². The fraction of sp³-hybridized carbons (Fsp3) is 0.478. The molecular formula is C23H31NO3. The highest BCUT2D eigenvalue weighted by atomic mass is 16.5. The van der Waals surface area contributed by atoms with Gasteiger partial charge in [-0.3, -0.25) is 0 Å². The Morgan fingerprint density at radius 2 is 1.78 bits per heavy atom. The number of piperidine rings is 1. The molecule has 1 aliphatic heterocycles. The Bertz CT molecular complexity index is 688. The van der Waals surface area contributed by atoms with E-state index in [-0.39, 0.29) is 0 Å². The topological polar surface area (TPSA) is 41.9 Å². The van der Waals surface area contributed by atoms with Crippen molar-refractivity contribution in [3.63, 3.8) is 0 Å². The average Bonchev–Trinajstić information content (AvgIpc) is 2.67. The van der Waals surface area contributed by atoms with E-state index in [0.717, 1.165) is 31.7 Å². The number of benzene rings is 2. The fourth-order valence-corrected chi connectivity index (χ4v) is 3.27. The molecule has 0 atom stereocenters. The summed E-state index contributed by atoms with van der Waals surface area (Å²) < 4.78 is 11.9. The van der Waals surface area contributed by atoms with Crippen LogP contribution in [-0.2, 0) is 11.3 Å². The standard InChI is InChI=1S/C23H31NO3/c1-23(2,25)13-16-26-21-11-14-24(15-12-21)20-9-6-10-22(17-20)27-18-19-7-4-3-5-8-19/h3-10,17,21,25H,11-16,18H2,1-2H3. The van der Waals surface area contributed by atoms with Crippen LogP contribution < -0.4 is 9.64 Å². The van der Waals surface area contributed by atoms with Gasteiger partial charge in [0.2, 0.25) is 0 Å². The molecular weight excluding hydrogens is 338 g/mol. The quantitative estimate of drug-likeness (QED) is 0.748. The number of aliphatic hydroxyl groups is 1. The minimum Gasteiger partial charge on any atom is -0.489 e. The highest BCUT2D eigenvalue weighted by molar-refractivity contribution is 5.51. The zero-order valence-electron chi connectivity index (χ0n) is 16.4. The molecule has 27 heavy (non-hydrogen) atoms. The van der Waals surface area contributed by atoms with Gasteiger partial charge in [-0.2, -0.15) is 0 Å². The molecule has 2 aromatic rings. The minimum atomic E-state index is -0.652. The first kappa shape index (κ1) is 19.7. The van der Waals surface area contributed by atoms with E-state index in [1.165, 1.54) is 11.3 Å². The Morgan fingerprint density at radius 3 is 2.48 bits per heavy atom. The average molecular weight is 370 g/mol. The van der Waals surface area contributed by atoms with Gasteiger partial charge in [0.05, 0.1) is 11.7 Å². The van der Waals surface area contributed by atoms with Gasteiger partial charge in [-0.25, -0.2) is 0 Å². The number of rotatable bonds is 8. The molecule has 1 heterocycles. The lowest BCUT2D eigenvalue weighted by molar-refractivity contribution is -0.00914. The van der Waals surface area contributed by atoms with Crippen LogP contribution in [0.1, 0.15) is 38.7 Å². The van der Waals surface area contributed by atoms with Crippen molar-refractivity contribution < 1.29 is 14.6 Å². The Balaban J connectivity index is 1.47. The van der Waals surface area contributed by atoms with Gasteiger partial charge in [-0.05, 0) is 50.8 Å². The minimum absolute atomic E-state index is 0.293. The van der Waals surface area contributed by atoms with Crippen LogP contribution in [0.4, 0.5) is 5.69 Å². The van der Waals surface area contributed by atoms with E-state index in [4.69, 9.17) is 9.47 Å². The molecule has 1 fully saturated rings. The number of hydrogen-bond acceptors (Lipinski definition) is 4. The maximum absolute atomic E-state index is 9.78. The molecule has 1 N–H and O–H groups in total. The second-order valence-corrected chi connectivity index (χ2v) is 7.89. The highest BCUT2D eigenvalue weighted by Crippen LogP contribution is 2.26. The first-order chi connectivity index (χ1) is 13.0. The molecule has 0 spiro atoms. The molecule has 0 radical (unpaired) electrons. The van der Waals surface area contributed by atoms with Gasteiger partial charge in [-0.1, -0.05) is 36.4 Å². The molecule has 0 aliphatic carbocycles. The number of hydrogen-bond donors (Lipinski definition) is 1. The van der Waals surface area contributed by atoms with Crippen molar-refractivity contribution in [3.8, 4) is 5.75 Å². The molecule has 2 aromatic carbocycles. The number of ether oxygens (including phenoxy) is 2. The van der Waals surface area contributed by atoms with Crippen LogP contribution in [0.3, 0.4) is 0 Å². The summed E-state index contributed by atoms with van der Waals surface area (Å²) in [6, 6.07) is 18.6. The van der Waals surface area contributed by atoms with Gasteiger partial charge in [0.25, 0.3) is 0 Å². The summed E-state index contributed by atoms with van der Waals surface area (Å²) in [6.07, 6.45) is 3.00. The van der Waals surface area contributed by atoms with Crippen molar-refractivity contribution in [2.75, 3.05) is 24.6 Å². The largest absolute Gasteiger partial charge is 0.489 e. The Hall–Kier alpha value is -2.04. The van der Waals surface area contributed by atoms with E-state index in [2.05, 4.69) is 35.2 Å². The summed E-state index contributed by atoms with van der Waals surface area (Å²) in [7, 11) is 0. The molecule has 0 unspecified atom stereocenters. The van der Waals surface area contributed by atoms with Gasteiger partial charge in [0, 0.05) is 31.5 Å². The summed E-state index contributed by atoms with van der Waals surface area (Å²) in [5, 5.41) is 9.78. The molecule has 1 saturated heterocycles. The van der Waals surface area contributed by atoms with Gasteiger partial charge < -0.3 is 19.5 Å². The van der Waals surface area contributed by atoms with Crippen molar-refractivity contribution >= 4 is 5.69 Å². The molecule has 1 aliphatic rings. The zero-order valence-corrected chi connectivity index (χ0v) is 16.4. The van der Waals surface area contributed by atoms with Crippen molar-refractivity contribution in [2.24, 2.45) is 0 Å². The third-order valence-corrected chi connectivity index (χ3v) is 4.94. The molecule has 146 valence electrons. The Morgan fingerprint density at radius 1 is 1.04 bits per heavy atom. The first-order valence-corrected chi connectivity index (χ1v) is 9.85.